The van der Waals surface area contributed by atoms with E-state index in [9.17, 15) is 9.90 Å². The minimum atomic E-state index is -0.828. The zero-order valence-electron chi connectivity index (χ0n) is 16.2. The highest BCUT2D eigenvalue weighted by Gasteiger charge is 2.33. The molecule has 3 aromatic rings. The van der Waals surface area contributed by atoms with Crippen molar-refractivity contribution in [3.05, 3.63) is 65.4 Å². The van der Waals surface area contributed by atoms with Crippen molar-refractivity contribution in [1.82, 2.24) is 10.3 Å². The van der Waals surface area contributed by atoms with Gasteiger partial charge in [0, 0.05) is 23.0 Å². The molecule has 0 saturated heterocycles. The number of carbonyl (C=O) groups is 1. The Balaban J connectivity index is 1.70. The first-order valence-electron chi connectivity index (χ1n) is 9.84. The first-order valence-corrected chi connectivity index (χ1v) is 9.84. The predicted octanol–water partition coefficient (Wildman–Crippen LogP) is 4.28. The summed E-state index contributed by atoms with van der Waals surface area (Å²) in [6, 6.07) is 15.2. The number of hydrogen-bond donors (Lipinski definition) is 3. The van der Waals surface area contributed by atoms with Gasteiger partial charge in [0.05, 0.1) is 12.6 Å². The Morgan fingerprint density at radius 3 is 2.82 bits per heavy atom. The maximum Gasteiger partial charge on any atom is 0.321 e. The fraction of sp³-hybridized carbons (Fsp3) is 0.348. The third-order valence-corrected chi connectivity index (χ3v) is 5.36. The van der Waals surface area contributed by atoms with Crippen molar-refractivity contribution in [3.63, 3.8) is 0 Å². The average molecular weight is 378 g/mol. The second kappa shape index (κ2) is 7.68. The molecule has 1 aliphatic heterocycles. The summed E-state index contributed by atoms with van der Waals surface area (Å²) in [6.45, 7) is 5.03. The lowest BCUT2D eigenvalue weighted by molar-refractivity contribution is -0.139. The summed E-state index contributed by atoms with van der Waals surface area (Å²) in [4.78, 5) is 15.3. The Labute approximate surface area is 164 Å². The number of nitrogens with one attached hydrogen (secondary N) is 2. The van der Waals surface area contributed by atoms with Gasteiger partial charge in [0.2, 0.25) is 0 Å². The van der Waals surface area contributed by atoms with Gasteiger partial charge in [0.15, 0.2) is 0 Å². The Morgan fingerprint density at radius 2 is 2.04 bits per heavy atom. The molecule has 3 N–H and O–H groups in total. The zero-order chi connectivity index (χ0) is 19.7. The number of benzene rings is 2. The van der Waals surface area contributed by atoms with Gasteiger partial charge in [0.25, 0.3) is 0 Å². The molecule has 5 nitrogen and oxygen atoms in total. The number of carboxylic acids is 1. The lowest BCUT2D eigenvalue weighted by Crippen LogP contribution is -2.44. The smallest absolute Gasteiger partial charge is 0.321 e. The van der Waals surface area contributed by atoms with Crippen LogP contribution in [0.3, 0.4) is 0 Å². The molecule has 0 aliphatic carbocycles. The Morgan fingerprint density at radius 1 is 1.21 bits per heavy atom. The van der Waals surface area contributed by atoms with Gasteiger partial charge in [-0.2, -0.15) is 0 Å². The van der Waals surface area contributed by atoms with Crippen LogP contribution in [-0.4, -0.2) is 28.7 Å². The summed E-state index contributed by atoms with van der Waals surface area (Å²) < 4.78 is 5.92. The average Bonchev–Trinajstić information content (AvgIpc) is 3.06. The zero-order valence-corrected chi connectivity index (χ0v) is 16.2. The van der Waals surface area contributed by atoms with Gasteiger partial charge >= 0.3 is 5.97 Å². The lowest BCUT2D eigenvalue weighted by Gasteiger charge is -2.29. The van der Waals surface area contributed by atoms with Crippen molar-refractivity contribution in [2.75, 3.05) is 6.61 Å². The molecule has 0 radical (unpaired) electrons. The number of ether oxygens (including phenoxy) is 1. The van der Waals surface area contributed by atoms with Crippen LogP contribution >= 0.6 is 0 Å². The number of H-pyrrole nitrogens is 1. The van der Waals surface area contributed by atoms with E-state index in [1.54, 1.807) is 0 Å². The van der Waals surface area contributed by atoms with Crippen LogP contribution in [0, 0.1) is 5.92 Å². The van der Waals surface area contributed by atoms with E-state index in [2.05, 4.69) is 30.2 Å². The molecule has 2 unspecified atom stereocenters. The largest absolute Gasteiger partial charge is 0.494 e. The quantitative estimate of drug-likeness (QED) is 0.598. The Hall–Kier alpha value is -2.79. The third-order valence-electron chi connectivity index (χ3n) is 5.36. The number of rotatable bonds is 6. The first kappa shape index (κ1) is 18.6. The van der Waals surface area contributed by atoms with Crippen LogP contribution in [0.2, 0.25) is 0 Å². The monoisotopic (exact) mass is 378 g/mol. The van der Waals surface area contributed by atoms with Crippen molar-refractivity contribution < 1.29 is 14.6 Å². The number of hydrogen-bond acceptors (Lipinski definition) is 3. The van der Waals surface area contributed by atoms with Gasteiger partial charge in [0.1, 0.15) is 11.8 Å². The van der Waals surface area contributed by atoms with Crippen LogP contribution in [0.15, 0.2) is 48.5 Å². The molecule has 0 saturated carbocycles. The second-order valence-electron chi connectivity index (χ2n) is 7.86. The van der Waals surface area contributed by atoms with Gasteiger partial charge in [-0.25, -0.2) is 0 Å². The molecule has 28 heavy (non-hydrogen) atoms. The van der Waals surface area contributed by atoms with E-state index in [0.29, 0.717) is 18.9 Å². The third kappa shape index (κ3) is 3.62. The first-order chi connectivity index (χ1) is 13.5. The van der Waals surface area contributed by atoms with Crippen molar-refractivity contribution >= 4 is 16.9 Å². The van der Waals surface area contributed by atoms with E-state index in [4.69, 9.17) is 4.74 Å². The number of fused-ring (bicyclic) bond motifs is 3. The van der Waals surface area contributed by atoms with Gasteiger partial charge in [-0.05, 0) is 41.7 Å². The van der Waals surface area contributed by atoms with E-state index in [1.807, 2.05) is 42.5 Å². The van der Waals surface area contributed by atoms with Crippen molar-refractivity contribution in [2.45, 2.75) is 38.8 Å². The predicted molar refractivity (Wildman–Crippen MR) is 110 cm³/mol. The summed E-state index contributed by atoms with van der Waals surface area (Å²) in [5.74, 6) is 0.578. The number of aliphatic carboxylic acids is 1. The molecule has 2 aromatic carbocycles. The van der Waals surface area contributed by atoms with Gasteiger partial charge < -0.3 is 14.8 Å². The SMILES string of the molecule is CC(C)CCOc1cccc(C2NC(C(=O)O)Cc3c2[nH]c2ccccc32)c1. The molecule has 0 spiro atoms. The van der Waals surface area contributed by atoms with Crippen LogP contribution in [0.1, 0.15) is 43.1 Å². The number of carboxylic acid groups (broad SMARTS) is 1. The molecule has 1 aliphatic rings. The topological polar surface area (TPSA) is 74.3 Å². The van der Waals surface area contributed by atoms with Gasteiger partial charge in [-0.1, -0.05) is 44.2 Å². The van der Waals surface area contributed by atoms with Crippen LogP contribution in [-0.2, 0) is 11.2 Å². The highest BCUT2D eigenvalue weighted by atomic mass is 16.5. The highest BCUT2D eigenvalue weighted by molar-refractivity contribution is 5.87. The molecule has 0 bridgehead atoms. The molecule has 5 heteroatoms. The Bertz CT molecular complexity index is 992. The minimum Gasteiger partial charge on any atom is -0.494 e. The molecule has 2 atom stereocenters. The minimum absolute atomic E-state index is 0.217. The summed E-state index contributed by atoms with van der Waals surface area (Å²) in [6.07, 6.45) is 1.47. The Kier molecular flexibility index (Phi) is 5.09. The van der Waals surface area contributed by atoms with Crippen molar-refractivity contribution in [2.24, 2.45) is 5.92 Å². The molecular weight excluding hydrogens is 352 g/mol. The number of aromatic amines is 1. The molecule has 2 heterocycles. The van der Waals surface area contributed by atoms with Crippen molar-refractivity contribution in [1.29, 1.82) is 0 Å². The molecule has 146 valence electrons. The number of aromatic nitrogens is 1. The van der Waals surface area contributed by atoms with Crippen molar-refractivity contribution in [3.8, 4) is 5.75 Å². The number of para-hydroxylation sites is 1. The maximum atomic E-state index is 11.8. The van der Waals surface area contributed by atoms with Gasteiger partial charge in [-0.3, -0.25) is 10.1 Å². The fourth-order valence-corrected chi connectivity index (χ4v) is 3.85. The molecule has 1 aromatic heterocycles. The highest BCUT2D eigenvalue weighted by Crippen LogP contribution is 2.36. The molecule has 0 fully saturated rings. The van der Waals surface area contributed by atoms with E-state index in [0.717, 1.165) is 39.9 Å². The summed E-state index contributed by atoms with van der Waals surface area (Å²) in [7, 11) is 0. The fourth-order valence-electron chi connectivity index (χ4n) is 3.85. The van der Waals surface area contributed by atoms with E-state index in [-0.39, 0.29) is 6.04 Å². The van der Waals surface area contributed by atoms with E-state index in [1.165, 1.54) is 0 Å². The summed E-state index contributed by atoms with van der Waals surface area (Å²) in [5, 5.41) is 14.1. The van der Waals surface area contributed by atoms with Crippen LogP contribution in [0.5, 0.6) is 5.75 Å². The second-order valence-corrected chi connectivity index (χ2v) is 7.86. The van der Waals surface area contributed by atoms with Crippen LogP contribution < -0.4 is 10.1 Å². The van der Waals surface area contributed by atoms with Crippen LogP contribution in [0.25, 0.3) is 10.9 Å². The molecular formula is C23H26N2O3. The van der Waals surface area contributed by atoms with E-state index >= 15 is 0 Å². The maximum absolute atomic E-state index is 11.8. The normalized spacial score (nSPS) is 19.0. The van der Waals surface area contributed by atoms with E-state index < -0.39 is 12.0 Å². The summed E-state index contributed by atoms with van der Waals surface area (Å²) >= 11 is 0. The standard InChI is InChI=1S/C23H26N2O3/c1-14(2)10-11-28-16-7-5-6-15(12-16)21-22-18(13-20(25-21)23(26)27)17-8-3-4-9-19(17)24-22/h3-9,12,14,20-21,24-25H,10-11,13H2,1-2H3,(H,26,27). The lowest BCUT2D eigenvalue weighted by atomic mass is 9.90. The molecule has 0 amide bonds. The summed E-state index contributed by atoms with van der Waals surface area (Å²) in [5.41, 5.74) is 4.16. The molecule has 4 rings (SSSR count). The van der Waals surface area contributed by atoms with Gasteiger partial charge in [-0.15, -0.1) is 0 Å². The van der Waals surface area contributed by atoms with Crippen LogP contribution in [0.4, 0.5) is 0 Å².